The first kappa shape index (κ1) is 20.3. The first-order chi connectivity index (χ1) is 13.2. The Morgan fingerprint density at radius 1 is 1.00 bits per heavy atom. The summed E-state index contributed by atoms with van der Waals surface area (Å²) in [5.74, 6) is 0.293. The van der Waals surface area contributed by atoms with E-state index in [4.69, 9.17) is 9.47 Å². The summed E-state index contributed by atoms with van der Waals surface area (Å²) in [6.45, 7) is 5.16. The SMILES string of the molecule is CCCCOC(=O)c1ccccc1NC(=O)NCc1ccccc1OCC. The van der Waals surface area contributed by atoms with E-state index in [0.717, 1.165) is 24.2 Å². The van der Waals surface area contributed by atoms with Crippen LogP contribution in [0.15, 0.2) is 48.5 Å². The number of hydrogen-bond donors (Lipinski definition) is 2. The van der Waals surface area contributed by atoms with Gasteiger partial charge in [-0.15, -0.1) is 0 Å². The third-order valence-corrected chi connectivity index (χ3v) is 3.84. The summed E-state index contributed by atoms with van der Waals surface area (Å²) in [6, 6.07) is 13.9. The van der Waals surface area contributed by atoms with E-state index in [1.54, 1.807) is 24.3 Å². The lowest BCUT2D eigenvalue weighted by molar-refractivity contribution is 0.0501. The van der Waals surface area contributed by atoms with Gasteiger partial charge >= 0.3 is 12.0 Å². The van der Waals surface area contributed by atoms with E-state index in [9.17, 15) is 9.59 Å². The van der Waals surface area contributed by atoms with Crippen molar-refractivity contribution in [2.45, 2.75) is 33.2 Å². The van der Waals surface area contributed by atoms with Gasteiger partial charge in [0.1, 0.15) is 5.75 Å². The van der Waals surface area contributed by atoms with Crippen LogP contribution in [0.3, 0.4) is 0 Å². The van der Waals surface area contributed by atoms with Crippen molar-refractivity contribution in [2.75, 3.05) is 18.5 Å². The standard InChI is InChI=1S/C21H26N2O4/c1-3-5-14-27-20(24)17-11-7-8-12-18(17)23-21(25)22-15-16-10-6-9-13-19(16)26-4-2/h6-13H,3-5,14-15H2,1-2H3,(H2,22,23,25). The van der Waals surface area contributed by atoms with Crippen LogP contribution in [0.5, 0.6) is 5.75 Å². The van der Waals surface area contributed by atoms with Crippen LogP contribution in [0.2, 0.25) is 0 Å². The van der Waals surface area contributed by atoms with Crippen molar-refractivity contribution < 1.29 is 19.1 Å². The number of hydrogen-bond acceptors (Lipinski definition) is 4. The number of ether oxygens (including phenoxy) is 2. The molecule has 0 saturated heterocycles. The molecule has 6 nitrogen and oxygen atoms in total. The number of anilines is 1. The number of carbonyl (C=O) groups is 2. The quantitative estimate of drug-likeness (QED) is 0.508. The van der Waals surface area contributed by atoms with Crippen LogP contribution in [-0.2, 0) is 11.3 Å². The van der Waals surface area contributed by atoms with Gasteiger partial charge in [-0.25, -0.2) is 9.59 Å². The molecule has 2 aromatic carbocycles. The Balaban J connectivity index is 1.97. The summed E-state index contributed by atoms with van der Waals surface area (Å²) in [6.07, 6.45) is 1.75. The molecule has 0 bridgehead atoms. The van der Waals surface area contributed by atoms with Crippen molar-refractivity contribution in [1.29, 1.82) is 0 Å². The number of rotatable bonds is 9. The molecule has 0 aliphatic rings. The zero-order chi connectivity index (χ0) is 19.5. The number of amides is 2. The molecule has 6 heteroatoms. The smallest absolute Gasteiger partial charge is 0.340 e. The molecule has 0 saturated carbocycles. The highest BCUT2D eigenvalue weighted by Crippen LogP contribution is 2.19. The number of nitrogens with one attached hydrogen (secondary N) is 2. The lowest BCUT2D eigenvalue weighted by atomic mass is 10.2. The molecule has 0 unspecified atom stereocenters. The minimum Gasteiger partial charge on any atom is -0.494 e. The molecule has 0 fully saturated rings. The van der Waals surface area contributed by atoms with E-state index >= 15 is 0 Å². The number of urea groups is 1. The summed E-state index contributed by atoms with van der Waals surface area (Å²) in [5.41, 5.74) is 1.62. The molecule has 0 heterocycles. The average Bonchev–Trinajstić information content (AvgIpc) is 2.68. The maximum atomic E-state index is 12.3. The second-order valence-corrected chi connectivity index (χ2v) is 5.88. The Labute approximate surface area is 159 Å². The van der Waals surface area contributed by atoms with Crippen LogP contribution in [-0.4, -0.2) is 25.2 Å². The van der Waals surface area contributed by atoms with Crippen LogP contribution in [0.1, 0.15) is 42.6 Å². The second kappa shape index (κ2) is 10.9. The Hall–Kier alpha value is -3.02. The van der Waals surface area contributed by atoms with E-state index in [2.05, 4.69) is 10.6 Å². The molecule has 2 rings (SSSR count). The third kappa shape index (κ3) is 6.33. The first-order valence-electron chi connectivity index (χ1n) is 9.17. The number of para-hydroxylation sites is 2. The molecular weight excluding hydrogens is 344 g/mol. The van der Waals surface area contributed by atoms with Crippen LogP contribution in [0.4, 0.5) is 10.5 Å². The molecule has 2 aromatic rings. The van der Waals surface area contributed by atoms with Gasteiger partial charge < -0.3 is 20.1 Å². The molecule has 0 aromatic heterocycles. The van der Waals surface area contributed by atoms with Crippen molar-refractivity contribution in [3.8, 4) is 5.75 Å². The van der Waals surface area contributed by atoms with Crippen molar-refractivity contribution in [2.24, 2.45) is 0 Å². The zero-order valence-electron chi connectivity index (χ0n) is 15.8. The van der Waals surface area contributed by atoms with Crippen LogP contribution >= 0.6 is 0 Å². The molecular formula is C21H26N2O4. The van der Waals surface area contributed by atoms with Crippen LogP contribution < -0.4 is 15.4 Å². The maximum absolute atomic E-state index is 12.3. The molecule has 2 amide bonds. The summed E-state index contributed by atoms with van der Waals surface area (Å²) in [7, 11) is 0. The molecule has 0 spiro atoms. The van der Waals surface area contributed by atoms with Gasteiger partial charge in [-0.2, -0.15) is 0 Å². The van der Waals surface area contributed by atoms with E-state index < -0.39 is 12.0 Å². The molecule has 144 valence electrons. The number of benzene rings is 2. The third-order valence-electron chi connectivity index (χ3n) is 3.84. The monoisotopic (exact) mass is 370 g/mol. The fraction of sp³-hybridized carbons (Fsp3) is 0.333. The van der Waals surface area contributed by atoms with Crippen LogP contribution in [0.25, 0.3) is 0 Å². The fourth-order valence-electron chi connectivity index (χ4n) is 2.45. The van der Waals surface area contributed by atoms with Gasteiger partial charge in [-0.05, 0) is 31.5 Å². The molecule has 0 aliphatic heterocycles. The van der Waals surface area contributed by atoms with E-state index in [1.165, 1.54) is 0 Å². The zero-order valence-corrected chi connectivity index (χ0v) is 15.8. The van der Waals surface area contributed by atoms with E-state index in [1.807, 2.05) is 38.1 Å². The average molecular weight is 370 g/mol. The van der Waals surface area contributed by atoms with Gasteiger partial charge in [0.2, 0.25) is 0 Å². The van der Waals surface area contributed by atoms with Gasteiger partial charge in [0.05, 0.1) is 24.5 Å². The summed E-state index contributed by atoms with van der Waals surface area (Å²) in [4.78, 5) is 24.5. The van der Waals surface area contributed by atoms with E-state index in [-0.39, 0.29) is 0 Å². The molecule has 0 atom stereocenters. The van der Waals surface area contributed by atoms with Gasteiger partial charge in [0.25, 0.3) is 0 Å². The normalized spacial score (nSPS) is 10.1. The highest BCUT2D eigenvalue weighted by molar-refractivity contribution is 6.00. The van der Waals surface area contributed by atoms with Crippen molar-refractivity contribution in [3.63, 3.8) is 0 Å². The second-order valence-electron chi connectivity index (χ2n) is 5.88. The van der Waals surface area contributed by atoms with Gasteiger partial charge in [-0.1, -0.05) is 43.7 Å². The predicted octanol–water partition coefficient (Wildman–Crippen LogP) is 4.36. The molecule has 27 heavy (non-hydrogen) atoms. The topological polar surface area (TPSA) is 76.7 Å². The Bertz CT molecular complexity index is 761. The summed E-state index contributed by atoms with van der Waals surface area (Å²) in [5, 5.41) is 5.49. The Kier molecular flexibility index (Phi) is 8.16. The number of esters is 1. The van der Waals surface area contributed by atoms with Gasteiger partial charge in [0.15, 0.2) is 0 Å². The molecule has 0 aliphatic carbocycles. The largest absolute Gasteiger partial charge is 0.494 e. The van der Waals surface area contributed by atoms with Gasteiger partial charge in [0, 0.05) is 12.1 Å². The first-order valence-corrected chi connectivity index (χ1v) is 9.17. The van der Waals surface area contributed by atoms with Crippen molar-refractivity contribution in [1.82, 2.24) is 5.32 Å². The fourth-order valence-corrected chi connectivity index (χ4v) is 2.45. The highest BCUT2D eigenvalue weighted by atomic mass is 16.5. The highest BCUT2D eigenvalue weighted by Gasteiger charge is 2.14. The minimum absolute atomic E-state index is 0.311. The Morgan fingerprint density at radius 3 is 2.52 bits per heavy atom. The molecule has 2 N–H and O–H groups in total. The maximum Gasteiger partial charge on any atom is 0.340 e. The molecule has 0 radical (unpaired) electrons. The number of unbranched alkanes of at least 4 members (excludes halogenated alkanes) is 1. The van der Waals surface area contributed by atoms with Gasteiger partial charge in [-0.3, -0.25) is 0 Å². The van der Waals surface area contributed by atoms with Crippen molar-refractivity contribution >= 4 is 17.7 Å². The number of carbonyl (C=O) groups excluding carboxylic acids is 2. The lowest BCUT2D eigenvalue weighted by Gasteiger charge is -2.13. The lowest BCUT2D eigenvalue weighted by Crippen LogP contribution is -2.29. The van der Waals surface area contributed by atoms with E-state index in [0.29, 0.717) is 31.0 Å². The minimum atomic E-state index is -0.443. The summed E-state index contributed by atoms with van der Waals surface area (Å²) < 4.78 is 10.8. The Morgan fingerprint density at radius 2 is 1.74 bits per heavy atom. The summed E-state index contributed by atoms with van der Waals surface area (Å²) >= 11 is 0. The van der Waals surface area contributed by atoms with Crippen LogP contribution in [0, 0.1) is 0 Å². The predicted molar refractivity (Wildman–Crippen MR) is 105 cm³/mol. The van der Waals surface area contributed by atoms with Crippen molar-refractivity contribution in [3.05, 3.63) is 59.7 Å².